The Morgan fingerprint density at radius 2 is 1.64 bits per heavy atom. The number of hydrogen-bond acceptors (Lipinski definition) is 5. The monoisotopic (exact) mass is 370 g/mol. The van der Waals surface area contributed by atoms with Crippen molar-refractivity contribution in [3.8, 4) is 0 Å². The second-order valence-electron chi connectivity index (χ2n) is 6.34. The zero-order chi connectivity index (χ0) is 18.7. The first-order valence-electron chi connectivity index (χ1n) is 8.98. The Hall–Kier alpha value is -1.40. The average molecular weight is 371 g/mol. The Kier molecular flexibility index (Phi) is 9.75. The molecule has 1 aromatic carbocycles. The zero-order valence-corrected chi connectivity index (χ0v) is 16.3. The number of esters is 1. The molecule has 0 aliphatic heterocycles. The lowest BCUT2D eigenvalue weighted by atomic mass is 10.1. The first-order valence-corrected chi connectivity index (χ1v) is 10.4. The van der Waals surface area contributed by atoms with E-state index in [4.69, 9.17) is 8.92 Å². The summed E-state index contributed by atoms with van der Waals surface area (Å²) in [6.07, 6.45) is 6.76. The third-order valence-corrected chi connectivity index (χ3v) is 5.23. The van der Waals surface area contributed by atoms with Crippen molar-refractivity contribution in [2.75, 3.05) is 6.61 Å². The van der Waals surface area contributed by atoms with Gasteiger partial charge in [-0.15, -0.1) is 0 Å². The van der Waals surface area contributed by atoms with E-state index >= 15 is 0 Å². The van der Waals surface area contributed by atoms with E-state index in [0.29, 0.717) is 6.42 Å². The molecule has 0 saturated heterocycles. The van der Waals surface area contributed by atoms with Crippen molar-refractivity contribution >= 4 is 16.1 Å². The van der Waals surface area contributed by atoms with Crippen molar-refractivity contribution in [3.63, 3.8) is 0 Å². The molecule has 0 aliphatic rings. The third-order valence-electron chi connectivity index (χ3n) is 3.93. The van der Waals surface area contributed by atoms with Gasteiger partial charge in [0.1, 0.15) is 12.7 Å². The van der Waals surface area contributed by atoms with Gasteiger partial charge < -0.3 is 4.74 Å². The second-order valence-corrected chi connectivity index (χ2v) is 7.95. The first-order chi connectivity index (χ1) is 11.8. The minimum atomic E-state index is -3.84. The van der Waals surface area contributed by atoms with Crippen molar-refractivity contribution < 1.29 is 22.1 Å². The molecule has 6 heteroatoms. The molecule has 0 aliphatic carbocycles. The molecule has 0 aromatic heterocycles. The largest absolute Gasteiger partial charge is 0.460 e. The van der Waals surface area contributed by atoms with Gasteiger partial charge in [0, 0.05) is 6.92 Å². The summed E-state index contributed by atoms with van der Waals surface area (Å²) in [5.41, 5.74) is 0.972. The highest BCUT2D eigenvalue weighted by atomic mass is 32.2. The van der Waals surface area contributed by atoms with E-state index in [-0.39, 0.29) is 11.5 Å². The normalized spacial score (nSPS) is 12.8. The van der Waals surface area contributed by atoms with E-state index < -0.39 is 22.2 Å². The highest BCUT2D eigenvalue weighted by molar-refractivity contribution is 7.86. The number of benzene rings is 1. The summed E-state index contributed by atoms with van der Waals surface area (Å²) in [5, 5.41) is 0. The van der Waals surface area contributed by atoms with Crippen LogP contribution < -0.4 is 0 Å². The molecular formula is C19H30O5S. The fourth-order valence-electron chi connectivity index (χ4n) is 2.50. The maximum atomic E-state index is 12.2. The van der Waals surface area contributed by atoms with Crippen LogP contribution in [0.15, 0.2) is 29.2 Å². The third kappa shape index (κ3) is 9.02. The van der Waals surface area contributed by atoms with Crippen LogP contribution >= 0.6 is 0 Å². The van der Waals surface area contributed by atoms with Crippen LogP contribution in [0.5, 0.6) is 0 Å². The van der Waals surface area contributed by atoms with Gasteiger partial charge in [-0.05, 0) is 31.9 Å². The van der Waals surface area contributed by atoms with Crippen LogP contribution in [0.4, 0.5) is 0 Å². The van der Waals surface area contributed by atoms with Crippen LogP contribution in [0.1, 0.15) is 64.4 Å². The Balaban J connectivity index is 2.51. The average Bonchev–Trinajstić information content (AvgIpc) is 2.55. The standard InChI is InChI=1S/C19H30O5S/c1-4-5-6-7-8-9-10-18(24-17(3)20)15-23-25(21,22)19-13-11-16(2)12-14-19/h11-14,18H,4-10,15H2,1-3H3. The highest BCUT2D eigenvalue weighted by Crippen LogP contribution is 2.16. The van der Waals surface area contributed by atoms with Crippen molar-refractivity contribution in [1.29, 1.82) is 0 Å². The molecule has 142 valence electrons. The Bertz CT molecular complexity index is 607. The molecule has 0 N–H and O–H groups in total. The first kappa shape index (κ1) is 21.6. The molecule has 0 saturated carbocycles. The Morgan fingerprint density at radius 3 is 2.24 bits per heavy atom. The minimum absolute atomic E-state index is 0.110. The predicted molar refractivity (Wildman–Crippen MR) is 97.9 cm³/mol. The zero-order valence-electron chi connectivity index (χ0n) is 15.5. The predicted octanol–water partition coefficient (Wildman–Crippen LogP) is 4.38. The molecule has 1 aromatic rings. The SMILES string of the molecule is CCCCCCCCC(COS(=O)(=O)c1ccc(C)cc1)OC(C)=O. The molecule has 0 radical (unpaired) electrons. The lowest BCUT2D eigenvalue weighted by molar-refractivity contribution is -0.148. The maximum Gasteiger partial charge on any atom is 0.302 e. The molecule has 0 spiro atoms. The summed E-state index contributed by atoms with van der Waals surface area (Å²) >= 11 is 0. The van der Waals surface area contributed by atoms with Gasteiger partial charge in [0.2, 0.25) is 0 Å². The second kappa shape index (κ2) is 11.3. The minimum Gasteiger partial charge on any atom is -0.460 e. The molecule has 1 rings (SSSR count). The van der Waals surface area contributed by atoms with E-state index in [1.807, 2.05) is 6.92 Å². The quantitative estimate of drug-likeness (QED) is 0.310. The number of carbonyl (C=O) groups is 1. The van der Waals surface area contributed by atoms with E-state index in [9.17, 15) is 13.2 Å². The van der Waals surface area contributed by atoms with Gasteiger partial charge in [0.25, 0.3) is 10.1 Å². The molecule has 0 heterocycles. The summed E-state index contributed by atoms with van der Waals surface area (Å²) in [6, 6.07) is 6.46. The van der Waals surface area contributed by atoms with Crippen LogP contribution in [0.3, 0.4) is 0 Å². The van der Waals surface area contributed by atoms with Crippen molar-refractivity contribution in [2.45, 2.75) is 76.7 Å². The number of rotatable bonds is 12. The number of carbonyl (C=O) groups excluding carboxylic acids is 1. The number of hydrogen-bond donors (Lipinski definition) is 0. The van der Waals surface area contributed by atoms with Crippen LogP contribution in [0.2, 0.25) is 0 Å². The molecule has 5 nitrogen and oxygen atoms in total. The van der Waals surface area contributed by atoms with Crippen LogP contribution in [-0.2, 0) is 23.8 Å². The Labute approximate surface area is 151 Å². The van der Waals surface area contributed by atoms with Gasteiger partial charge in [-0.3, -0.25) is 8.98 Å². The topological polar surface area (TPSA) is 69.7 Å². The van der Waals surface area contributed by atoms with E-state index in [1.54, 1.807) is 12.1 Å². The van der Waals surface area contributed by atoms with Crippen LogP contribution in [0.25, 0.3) is 0 Å². The Morgan fingerprint density at radius 1 is 1.04 bits per heavy atom. The van der Waals surface area contributed by atoms with Gasteiger partial charge in [0.05, 0.1) is 4.90 Å². The number of ether oxygens (including phenoxy) is 1. The summed E-state index contributed by atoms with van der Waals surface area (Å²) < 4.78 is 34.7. The summed E-state index contributed by atoms with van der Waals surface area (Å²) in [4.78, 5) is 11.3. The summed E-state index contributed by atoms with van der Waals surface area (Å²) in [7, 11) is -3.84. The molecule has 0 amide bonds. The summed E-state index contributed by atoms with van der Waals surface area (Å²) in [6.45, 7) is 5.23. The molecule has 25 heavy (non-hydrogen) atoms. The van der Waals surface area contributed by atoms with Crippen LogP contribution in [-0.4, -0.2) is 27.1 Å². The fourth-order valence-corrected chi connectivity index (χ4v) is 3.44. The van der Waals surface area contributed by atoms with Gasteiger partial charge in [-0.1, -0.05) is 56.7 Å². The maximum absolute atomic E-state index is 12.2. The lowest BCUT2D eigenvalue weighted by Crippen LogP contribution is -2.24. The van der Waals surface area contributed by atoms with Crippen LogP contribution in [0, 0.1) is 6.92 Å². The van der Waals surface area contributed by atoms with Gasteiger partial charge in [-0.25, -0.2) is 0 Å². The highest BCUT2D eigenvalue weighted by Gasteiger charge is 2.20. The molecule has 1 unspecified atom stereocenters. The fraction of sp³-hybridized carbons (Fsp3) is 0.632. The van der Waals surface area contributed by atoms with E-state index in [0.717, 1.165) is 24.8 Å². The number of aryl methyl sites for hydroxylation is 1. The van der Waals surface area contributed by atoms with Gasteiger partial charge in [0.15, 0.2) is 0 Å². The number of unbranched alkanes of at least 4 members (excludes halogenated alkanes) is 5. The van der Waals surface area contributed by atoms with Gasteiger partial charge in [-0.2, -0.15) is 8.42 Å². The van der Waals surface area contributed by atoms with Gasteiger partial charge >= 0.3 is 5.97 Å². The summed E-state index contributed by atoms with van der Waals surface area (Å²) in [5.74, 6) is -0.424. The molecule has 0 bridgehead atoms. The van der Waals surface area contributed by atoms with E-state index in [2.05, 4.69) is 6.92 Å². The molecule has 1 atom stereocenters. The molecule has 0 fully saturated rings. The molecular weight excluding hydrogens is 340 g/mol. The lowest BCUT2D eigenvalue weighted by Gasteiger charge is -2.17. The van der Waals surface area contributed by atoms with Crippen molar-refractivity contribution in [3.05, 3.63) is 29.8 Å². The smallest absolute Gasteiger partial charge is 0.302 e. The van der Waals surface area contributed by atoms with E-state index in [1.165, 1.54) is 38.3 Å². The van der Waals surface area contributed by atoms with Crippen molar-refractivity contribution in [2.24, 2.45) is 0 Å². The van der Waals surface area contributed by atoms with Crippen molar-refractivity contribution in [1.82, 2.24) is 0 Å².